The van der Waals surface area contributed by atoms with Gasteiger partial charge in [0.2, 0.25) is 5.91 Å². The van der Waals surface area contributed by atoms with Gasteiger partial charge in [-0.25, -0.2) is 0 Å². The van der Waals surface area contributed by atoms with Gasteiger partial charge in [-0.2, -0.15) is 0 Å². The molecule has 6 nitrogen and oxygen atoms in total. The Labute approximate surface area is 189 Å². The summed E-state index contributed by atoms with van der Waals surface area (Å²) in [7, 11) is 1.70. The van der Waals surface area contributed by atoms with Crippen molar-refractivity contribution in [1.82, 2.24) is 9.55 Å². The molecule has 1 unspecified atom stereocenters. The second-order valence-electron chi connectivity index (χ2n) is 8.19. The van der Waals surface area contributed by atoms with Crippen molar-refractivity contribution in [3.63, 3.8) is 0 Å². The van der Waals surface area contributed by atoms with Crippen molar-refractivity contribution in [2.75, 3.05) is 0 Å². The Kier molecular flexibility index (Phi) is 4.98. The second-order valence-corrected chi connectivity index (χ2v) is 8.19. The van der Waals surface area contributed by atoms with E-state index in [0.29, 0.717) is 16.6 Å². The number of pyridine rings is 1. The van der Waals surface area contributed by atoms with Gasteiger partial charge in [-0.05, 0) is 29.3 Å². The lowest BCUT2D eigenvalue weighted by Gasteiger charge is -2.21. The van der Waals surface area contributed by atoms with Crippen molar-refractivity contribution in [2.24, 2.45) is 12.8 Å². The maximum Gasteiger partial charge on any atom is 0.258 e. The topological polar surface area (TPSA) is 101 Å². The Bertz CT molecular complexity index is 1560. The number of amides is 1. The van der Waals surface area contributed by atoms with Crippen LogP contribution >= 0.6 is 0 Å². The molecule has 0 aliphatic heterocycles. The van der Waals surface area contributed by atoms with Crippen molar-refractivity contribution in [3.05, 3.63) is 112 Å². The molecule has 0 aliphatic rings. The molecule has 1 amide bonds. The molecule has 0 aliphatic carbocycles. The van der Waals surface area contributed by atoms with Gasteiger partial charge >= 0.3 is 0 Å². The van der Waals surface area contributed by atoms with Crippen LogP contribution in [-0.2, 0) is 18.3 Å². The van der Waals surface area contributed by atoms with Gasteiger partial charge in [0.05, 0.1) is 23.4 Å². The Morgan fingerprint density at radius 1 is 0.970 bits per heavy atom. The first-order valence-electron chi connectivity index (χ1n) is 10.7. The first-order chi connectivity index (χ1) is 16.0. The van der Waals surface area contributed by atoms with E-state index in [-0.39, 0.29) is 23.3 Å². The van der Waals surface area contributed by atoms with E-state index in [4.69, 9.17) is 5.73 Å². The highest BCUT2D eigenvalue weighted by Gasteiger charge is 2.30. The number of H-pyrrole nitrogens is 1. The maximum absolute atomic E-state index is 13.6. The number of carbonyl (C=O) groups is 1. The molecule has 0 spiro atoms. The summed E-state index contributed by atoms with van der Waals surface area (Å²) in [5, 5.41) is 12.8. The summed E-state index contributed by atoms with van der Waals surface area (Å²) in [4.78, 5) is 29.1. The number of benzene rings is 3. The predicted molar refractivity (Wildman–Crippen MR) is 129 cm³/mol. The number of nitrogens with one attached hydrogen (secondary N) is 1. The van der Waals surface area contributed by atoms with Crippen LogP contribution in [0.4, 0.5) is 0 Å². The number of aromatic hydroxyl groups is 1. The summed E-state index contributed by atoms with van der Waals surface area (Å²) < 4.78 is 1.55. The fourth-order valence-corrected chi connectivity index (χ4v) is 4.72. The van der Waals surface area contributed by atoms with E-state index in [1.165, 1.54) is 0 Å². The van der Waals surface area contributed by atoms with Gasteiger partial charge < -0.3 is 20.4 Å². The number of aromatic nitrogens is 2. The van der Waals surface area contributed by atoms with Gasteiger partial charge in [-0.15, -0.1) is 0 Å². The zero-order valence-electron chi connectivity index (χ0n) is 18.1. The van der Waals surface area contributed by atoms with Crippen LogP contribution in [0.25, 0.3) is 21.8 Å². The Morgan fingerprint density at radius 2 is 1.61 bits per heavy atom. The van der Waals surface area contributed by atoms with E-state index < -0.39 is 11.8 Å². The fourth-order valence-electron chi connectivity index (χ4n) is 4.72. The number of nitrogens with two attached hydrogens (primary N) is 1. The number of rotatable bonds is 5. The summed E-state index contributed by atoms with van der Waals surface area (Å²) in [5.74, 6) is -1.16. The largest absolute Gasteiger partial charge is 0.507 e. The molecule has 4 N–H and O–H groups in total. The lowest BCUT2D eigenvalue weighted by molar-refractivity contribution is -0.117. The van der Waals surface area contributed by atoms with E-state index in [0.717, 1.165) is 22.0 Å². The minimum atomic E-state index is -0.628. The lowest BCUT2D eigenvalue weighted by Crippen LogP contribution is -2.26. The summed E-state index contributed by atoms with van der Waals surface area (Å²) in [6, 6.07) is 24.4. The molecule has 0 radical (unpaired) electrons. The van der Waals surface area contributed by atoms with Crippen LogP contribution < -0.4 is 11.3 Å². The third-order valence-electron chi connectivity index (χ3n) is 6.22. The maximum atomic E-state index is 13.6. The average Bonchev–Trinajstić information content (AvgIpc) is 3.18. The summed E-state index contributed by atoms with van der Waals surface area (Å²) in [6.07, 6.45) is 0.0112. The summed E-state index contributed by atoms with van der Waals surface area (Å²) in [5.41, 5.74) is 9.25. The third-order valence-corrected chi connectivity index (χ3v) is 6.22. The molecule has 2 aromatic heterocycles. The number of hydrogen-bond donors (Lipinski definition) is 3. The zero-order chi connectivity index (χ0) is 23.1. The highest BCUT2D eigenvalue weighted by Crippen LogP contribution is 2.40. The molecule has 2 heterocycles. The normalized spacial score (nSPS) is 12.3. The van der Waals surface area contributed by atoms with Crippen molar-refractivity contribution >= 4 is 27.7 Å². The second kappa shape index (κ2) is 7.98. The van der Waals surface area contributed by atoms with Gasteiger partial charge in [-0.1, -0.05) is 60.7 Å². The van der Waals surface area contributed by atoms with Gasteiger partial charge in [-0.3, -0.25) is 9.59 Å². The third kappa shape index (κ3) is 3.36. The molecule has 0 bridgehead atoms. The molecule has 0 fully saturated rings. The molecule has 5 rings (SSSR count). The number of nitrogens with zero attached hydrogens (tertiary/aromatic N) is 1. The zero-order valence-corrected chi connectivity index (χ0v) is 18.1. The number of carbonyl (C=O) groups excluding carboxylic acids is 1. The molecule has 6 heteroatoms. The molecule has 33 heavy (non-hydrogen) atoms. The van der Waals surface area contributed by atoms with Crippen LogP contribution in [0.5, 0.6) is 5.75 Å². The highest BCUT2D eigenvalue weighted by atomic mass is 16.3. The molecule has 3 aromatic carbocycles. The van der Waals surface area contributed by atoms with Gasteiger partial charge in [0.15, 0.2) is 0 Å². The smallest absolute Gasteiger partial charge is 0.258 e. The van der Waals surface area contributed by atoms with Crippen molar-refractivity contribution < 1.29 is 9.90 Å². The molecule has 0 saturated carbocycles. The van der Waals surface area contributed by atoms with Crippen LogP contribution in [0.15, 0.2) is 83.7 Å². The summed E-state index contributed by atoms with van der Waals surface area (Å²) in [6.45, 7) is 0. The Hall–Kier alpha value is -4.32. The van der Waals surface area contributed by atoms with Crippen LogP contribution in [0.1, 0.15) is 28.3 Å². The average molecular weight is 437 g/mol. The van der Waals surface area contributed by atoms with E-state index >= 15 is 0 Å². The Morgan fingerprint density at radius 3 is 2.33 bits per heavy atom. The van der Waals surface area contributed by atoms with E-state index in [2.05, 4.69) is 4.98 Å². The number of primary amides is 1. The van der Waals surface area contributed by atoms with Crippen molar-refractivity contribution in [2.45, 2.75) is 12.3 Å². The van der Waals surface area contributed by atoms with Crippen LogP contribution in [0.2, 0.25) is 0 Å². The fraction of sp³-hybridized carbons (Fsp3) is 0.111. The van der Waals surface area contributed by atoms with Gasteiger partial charge in [0.1, 0.15) is 5.75 Å². The summed E-state index contributed by atoms with van der Waals surface area (Å²) >= 11 is 0. The van der Waals surface area contributed by atoms with Crippen molar-refractivity contribution in [3.8, 4) is 5.75 Å². The van der Waals surface area contributed by atoms with Crippen LogP contribution in [-0.4, -0.2) is 20.6 Å². The highest BCUT2D eigenvalue weighted by molar-refractivity contribution is 5.91. The minimum absolute atomic E-state index is 0.0112. The number of aryl methyl sites for hydroxylation is 1. The molecular weight excluding hydrogens is 414 g/mol. The quantitative estimate of drug-likeness (QED) is 0.388. The van der Waals surface area contributed by atoms with Gasteiger partial charge in [0.25, 0.3) is 5.56 Å². The number of aromatic amines is 1. The molecule has 0 saturated heterocycles. The first kappa shape index (κ1) is 20.6. The molecule has 1 atom stereocenters. The minimum Gasteiger partial charge on any atom is -0.507 e. The lowest BCUT2D eigenvalue weighted by atomic mass is 9.85. The molecule has 164 valence electrons. The predicted octanol–water partition coefficient (Wildman–Crippen LogP) is 3.93. The van der Waals surface area contributed by atoms with Gasteiger partial charge in [0, 0.05) is 29.0 Å². The van der Waals surface area contributed by atoms with Crippen LogP contribution in [0.3, 0.4) is 0 Å². The monoisotopic (exact) mass is 437 g/mol. The van der Waals surface area contributed by atoms with Crippen molar-refractivity contribution in [1.29, 1.82) is 0 Å². The first-order valence-corrected chi connectivity index (χ1v) is 10.7. The van der Waals surface area contributed by atoms with E-state index in [1.54, 1.807) is 23.7 Å². The molecule has 5 aromatic rings. The Balaban J connectivity index is 1.90. The number of para-hydroxylation sites is 2. The van der Waals surface area contributed by atoms with E-state index in [9.17, 15) is 14.7 Å². The van der Waals surface area contributed by atoms with Crippen LogP contribution in [0, 0.1) is 0 Å². The standard InChI is InChI=1S/C27H23N3O3/c1-30-21-14-8-6-12-18(21)26(32)24(27(30)33)23(16-9-3-2-4-10-16)25-19(15-22(28)31)17-11-5-7-13-20(17)29-25/h2-14,23,29,32H,15H2,1H3,(H2,28,31). The SMILES string of the molecule is Cn1c(=O)c(C(c2ccccc2)c2[nH]c3ccccc3c2CC(N)=O)c(O)c2ccccc21. The van der Waals surface area contributed by atoms with E-state index in [1.807, 2.05) is 66.7 Å². The molecular formula is C27H23N3O3. The number of fused-ring (bicyclic) bond motifs is 2. The number of hydrogen-bond acceptors (Lipinski definition) is 3.